The normalized spacial score (nSPS) is 13.9. The van der Waals surface area contributed by atoms with E-state index in [2.05, 4.69) is 4.98 Å². The molecule has 0 saturated carbocycles. The van der Waals surface area contributed by atoms with E-state index in [0.717, 1.165) is 5.69 Å². The molecule has 15 heavy (non-hydrogen) atoms. The van der Waals surface area contributed by atoms with Crippen LogP contribution in [0.2, 0.25) is 0 Å². The van der Waals surface area contributed by atoms with Crippen LogP contribution < -0.4 is 5.73 Å². The smallest absolute Gasteiger partial charge is 0.323 e. The van der Waals surface area contributed by atoms with Crippen molar-refractivity contribution in [3.05, 3.63) is 29.6 Å². The standard InChI is InChI=1S/C10H13F3N2/c1-7-3-2-4-9(15-7)8(14)5-6-10(11,12)13/h2-4,8H,5-6,14H2,1H3/t8-/m1/s1. The fraction of sp³-hybridized carbons (Fsp3) is 0.500. The maximum Gasteiger partial charge on any atom is 0.389 e. The van der Waals surface area contributed by atoms with Crippen LogP contribution in [0.15, 0.2) is 18.2 Å². The fourth-order valence-corrected chi connectivity index (χ4v) is 1.24. The molecule has 0 spiro atoms. The largest absolute Gasteiger partial charge is 0.389 e. The molecule has 2 nitrogen and oxygen atoms in total. The van der Waals surface area contributed by atoms with Crippen molar-refractivity contribution in [2.24, 2.45) is 5.73 Å². The molecule has 0 saturated heterocycles. The Balaban J connectivity index is 2.58. The van der Waals surface area contributed by atoms with Gasteiger partial charge in [-0.05, 0) is 25.5 Å². The van der Waals surface area contributed by atoms with E-state index in [1.165, 1.54) is 0 Å². The average Bonchev–Trinajstić information content (AvgIpc) is 2.13. The van der Waals surface area contributed by atoms with Crippen LogP contribution in [-0.4, -0.2) is 11.2 Å². The number of aromatic nitrogens is 1. The Morgan fingerprint density at radius 1 is 1.40 bits per heavy atom. The second kappa shape index (κ2) is 4.61. The molecule has 2 N–H and O–H groups in total. The highest BCUT2D eigenvalue weighted by Gasteiger charge is 2.28. The van der Waals surface area contributed by atoms with Gasteiger partial charge in [-0.25, -0.2) is 0 Å². The number of nitrogens with two attached hydrogens (primary N) is 1. The Morgan fingerprint density at radius 2 is 2.07 bits per heavy atom. The molecular formula is C10H13F3N2. The zero-order chi connectivity index (χ0) is 11.5. The third kappa shape index (κ3) is 4.29. The van der Waals surface area contributed by atoms with Crippen LogP contribution in [0.4, 0.5) is 13.2 Å². The monoisotopic (exact) mass is 218 g/mol. The van der Waals surface area contributed by atoms with E-state index in [1.54, 1.807) is 25.1 Å². The summed E-state index contributed by atoms with van der Waals surface area (Å²) < 4.78 is 35.8. The number of hydrogen-bond acceptors (Lipinski definition) is 2. The van der Waals surface area contributed by atoms with E-state index in [1.807, 2.05) is 0 Å². The molecule has 84 valence electrons. The van der Waals surface area contributed by atoms with Crippen LogP contribution in [0.3, 0.4) is 0 Å². The minimum absolute atomic E-state index is 0.125. The van der Waals surface area contributed by atoms with Crippen LogP contribution in [-0.2, 0) is 0 Å². The third-order valence-electron chi connectivity index (χ3n) is 2.03. The van der Waals surface area contributed by atoms with Crippen LogP contribution in [0.1, 0.15) is 30.3 Å². The van der Waals surface area contributed by atoms with E-state index >= 15 is 0 Å². The molecule has 1 rings (SSSR count). The first-order valence-electron chi connectivity index (χ1n) is 4.64. The molecule has 0 unspecified atom stereocenters. The van der Waals surface area contributed by atoms with Crippen molar-refractivity contribution in [2.75, 3.05) is 0 Å². The molecule has 0 aromatic carbocycles. The zero-order valence-corrected chi connectivity index (χ0v) is 8.38. The zero-order valence-electron chi connectivity index (χ0n) is 8.38. The van der Waals surface area contributed by atoms with Crippen LogP contribution >= 0.6 is 0 Å². The van der Waals surface area contributed by atoms with Crippen LogP contribution in [0.5, 0.6) is 0 Å². The van der Waals surface area contributed by atoms with Crippen molar-refractivity contribution in [3.8, 4) is 0 Å². The summed E-state index contributed by atoms with van der Waals surface area (Å²) in [6.07, 6.45) is -5.15. The summed E-state index contributed by atoms with van der Waals surface area (Å²) >= 11 is 0. The minimum atomic E-state index is -4.15. The van der Waals surface area contributed by atoms with E-state index in [4.69, 9.17) is 5.73 Å². The van der Waals surface area contributed by atoms with Gasteiger partial charge in [0.1, 0.15) is 0 Å². The van der Waals surface area contributed by atoms with Gasteiger partial charge in [0.15, 0.2) is 0 Å². The number of alkyl halides is 3. The van der Waals surface area contributed by atoms with Gasteiger partial charge in [0.2, 0.25) is 0 Å². The summed E-state index contributed by atoms with van der Waals surface area (Å²) in [5, 5.41) is 0. The Kier molecular flexibility index (Phi) is 3.68. The molecule has 0 aliphatic heterocycles. The van der Waals surface area contributed by atoms with Gasteiger partial charge in [0.25, 0.3) is 0 Å². The molecule has 5 heteroatoms. The highest BCUT2D eigenvalue weighted by molar-refractivity contribution is 5.12. The minimum Gasteiger partial charge on any atom is -0.323 e. The van der Waals surface area contributed by atoms with Gasteiger partial charge in [0.05, 0.1) is 5.69 Å². The quantitative estimate of drug-likeness (QED) is 0.847. The highest BCUT2D eigenvalue weighted by Crippen LogP contribution is 2.25. The summed E-state index contributed by atoms with van der Waals surface area (Å²) in [5.41, 5.74) is 6.88. The van der Waals surface area contributed by atoms with Gasteiger partial charge in [-0.3, -0.25) is 4.98 Å². The van der Waals surface area contributed by atoms with Gasteiger partial charge in [0, 0.05) is 18.2 Å². The third-order valence-corrected chi connectivity index (χ3v) is 2.03. The SMILES string of the molecule is Cc1cccc([C@H](N)CCC(F)(F)F)n1. The van der Waals surface area contributed by atoms with E-state index in [-0.39, 0.29) is 6.42 Å². The van der Waals surface area contributed by atoms with Crippen molar-refractivity contribution < 1.29 is 13.2 Å². The maximum absolute atomic E-state index is 11.9. The van der Waals surface area contributed by atoms with Crippen LogP contribution in [0, 0.1) is 6.92 Å². The Bertz CT molecular complexity index is 323. The van der Waals surface area contributed by atoms with E-state index in [0.29, 0.717) is 5.69 Å². The lowest BCUT2D eigenvalue weighted by Crippen LogP contribution is -2.17. The lowest BCUT2D eigenvalue weighted by molar-refractivity contribution is -0.136. The summed E-state index contributed by atoms with van der Waals surface area (Å²) in [6.45, 7) is 1.78. The van der Waals surface area contributed by atoms with Crippen molar-refractivity contribution in [1.29, 1.82) is 0 Å². The molecule has 1 atom stereocenters. The molecule has 1 heterocycles. The fourth-order valence-electron chi connectivity index (χ4n) is 1.24. The molecular weight excluding hydrogens is 205 g/mol. The highest BCUT2D eigenvalue weighted by atomic mass is 19.4. The summed E-state index contributed by atoms with van der Waals surface area (Å²) in [7, 11) is 0. The van der Waals surface area contributed by atoms with Crippen molar-refractivity contribution in [1.82, 2.24) is 4.98 Å². The number of aryl methyl sites for hydroxylation is 1. The maximum atomic E-state index is 11.9. The second-order valence-electron chi connectivity index (χ2n) is 3.46. The Morgan fingerprint density at radius 3 is 2.60 bits per heavy atom. The van der Waals surface area contributed by atoms with Gasteiger partial charge >= 0.3 is 6.18 Å². The Hall–Kier alpha value is -1.10. The molecule has 0 fully saturated rings. The summed E-state index contributed by atoms with van der Waals surface area (Å²) in [4.78, 5) is 4.08. The average molecular weight is 218 g/mol. The topological polar surface area (TPSA) is 38.9 Å². The van der Waals surface area contributed by atoms with Crippen molar-refractivity contribution >= 4 is 0 Å². The van der Waals surface area contributed by atoms with E-state index in [9.17, 15) is 13.2 Å². The first-order valence-corrected chi connectivity index (χ1v) is 4.64. The lowest BCUT2D eigenvalue weighted by Gasteiger charge is -2.12. The number of halogens is 3. The molecule has 0 aliphatic carbocycles. The van der Waals surface area contributed by atoms with Gasteiger partial charge in [-0.1, -0.05) is 6.07 Å². The molecule has 0 aliphatic rings. The molecule has 0 radical (unpaired) electrons. The van der Waals surface area contributed by atoms with Crippen LogP contribution in [0.25, 0.3) is 0 Å². The van der Waals surface area contributed by atoms with Crippen molar-refractivity contribution in [2.45, 2.75) is 32.0 Å². The van der Waals surface area contributed by atoms with Gasteiger partial charge in [-0.2, -0.15) is 13.2 Å². The summed E-state index contributed by atoms with van der Waals surface area (Å²) in [6, 6.07) is 4.52. The number of hydrogen-bond donors (Lipinski definition) is 1. The predicted octanol–water partition coefficient (Wildman–Crippen LogP) is 2.73. The van der Waals surface area contributed by atoms with Crippen molar-refractivity contribution in [3.63, 3.8) is 0 Å². The lowest BCUT2D eigenvalue weighted by atomic mass is 10.1. The predicted molar refractivity (Wildman–Crippen MR) is 51.2 cm³/mol. The van der Waals surface area contributed by atoms with Gasteiger partial charge < -0.3 is 5.73 Å². The van der Waals surface area contributed by atoms with Gasteiger partial charge in [-0.15, -0.1) is 0 Å². The molecule has 0 bridgehead atoms. The molecule has 1 aromatic heterocycles. The Labute approximate surface area is 86.3 Å². The molecule has 1 aromatic rings. The summed E-state index contributed by atoms with van der Waals surface area (Å²) in [5.74, 6) is 0. The first-order chi connectivity index (χ1) is 6.88. The number of nitrogens with zero attached hydrogens (tertiary/aromatic N) is 1. The number of rotatable bonds is 3. The van der Waals surface area contributed by atoms with E-state index < -0.39 is 18.6 Å². The first kappa shape index (κ1) is 12.0. The molecule has 0 amide bonds. The second-order valence-corrected chi connectivity index (χ2v) is 3.46. The number of pyridine rings is 1.